The summed E-state index contributed by atoms with van der Waals surface area (Å²) < 4.78 is 2.06. The van der Waals surface area contributed by atoms with Gasteiger partial charge in [-0.2, -0.15) is 0 Å². The summed E-state index contributed by atoms with van der Waals surface area (Å²) in [5, 5.41) is 9.89. The second-order valence-corrected chi connectivity index (χ2v) is 4.39. The summed E-state index contributed by atoms with van der Waals surface area (Å²) in [5.41, 5.74) is 4.09. The summed E-state index contributed by atoms with van der Waals surface area (Å²) in [6.07, 6.45) is 6.10. The first-order chi connectivity index (χ1) is 8.54. The van der Waals surface area contributed by atoms with Crippen molar-refractivity contribution in [2.45, 2.75) is 19.8 Å². The van der Waals surface area contributed by atoms with E-state index in [4.69, 9.17) is 11.5 Å². The molecule has 0 spiro atoms. The Labute approximate surface area is 106 Å². The molecule has 0 bridgehead atoms. The molecule has 0 atom stereocenters. The molecule has 18 heavy (non-hydrogen) atoms. The highest BCUT2D eigenvalue weighted by Crippen LogP contribution is 2.26. The van der Waals surface area contributed by atoms with Crippen LogP contribution in [0.4, 0.5) is 0 Å². The number of carboxylic acids is 1. The number of aliphatic carboxylic acids is 1. The Hall–Kier alpha value is -2.21. The SMILES string of the molecule is C#Cc1ccc2c(CCC(=O)O)c(C)n(C)c2c1. The van der Waals surface area contributed by atoms with E-state index in [1.165, 1.54) is 0 Å². The van der Waals surface area contributed by atoms with Crippen LogP contribution >= 0.6 is 0 Å². The Morgan fingerprint density at radius 3 is 2.83 bits per heavy atom. The van der Waals surface area contributed by atoms with Crippen LogP contribution in [-0.4, -0.2) is 15.6 Å². The molecule has 0 aliphatic heterocycles. The quantitative estimate of drug-likeness (QED) is 0.839. The zero-order valence-electron chi connectivity index (χ0n) is 10.5. The number of terminal acetylenes is 1. The average Bonchev–Trinajstić information content (AvgIpc) is 2.59. The van der Waals surface area contributed by atoms with Crippen LogP contribution in [0.25, 0.3) is 10.9 Å². The molecule has 1 aromatic carbocycles. The molecule has 0 fully saturated rings. The minimum Gasteiger partial charge on any atom is -0.481 e. The number of aryl methyl sites for hydroxylation is 2. The van der Waals surface area contributed by atoms with Crippen molar-refractivity contribution in [1.82, 2.24) is 4.57 Å². The highest BCUT2D eigenvalue weighted by Gasteiger charge is 2.13. The lowest BCUT2D eigenvalue weighted by atomic mass is 10.0. The monoisotopic (exact) mass is 241 g/mol. The minimum atomic E-state index is -0.772. The normalized spacial score (nSPS) is 10.5. The fourth-order valence-corrected chi connectivity index (χ4v) is 2.28. The van der Waals surface area contributed by atoms with E-state index < -0.39 is 5.97 Å². The molecule has 1 heterocycles. The van der Waals surface area contributed by atoms with Gasteiger partial charge in [-0.25, -0.2) is 0 Å². The molecule has 3 nitrogen and oxygen atoms in total. The Bertz CT molecular complexity index is 659. The van der Waals surface area contributed by atoms with Gasteiger partial charge in [-0.15, -0.1) is 6.42 Å². The second-order valence-electron chi connectivity index (χ2n) is 4.39. The molecule has 0 amide bonds. The van der Waals surface area contributed by atoms with Gasteiger partial charge in [0, 0.05) is 35.6 Å². The van der Waals surface area contributed by atoms with Crippen LogP contribution in [0.1, 0.15) is 23.2 Å². The molecular formula is C15H15NO2. The van der Waals surface area contributed by atoms with E-state index in [1.54, 1.807) is 0 Å². The molecule has 3 heteroatoms. The van der Waals surface area contributed by atoms with Gasteiger partial charge in [-0.1, -0.05) is 12.0 Å². The molecule has 0 aliphatic rings. The number of carboxylic acid groups (broad SMARTS) is 1. The summed E-state index contributed by atoms with van der Waals surface area (Å²) in [5.74, 6) is 1.85. The molecule has 0 aliphatic carbocycles. The third kappa shape index (κ3) is 1.98. The molecule has 0 radical (unpaired) electrons. The van der Waals surface area contributed by atoms with Crippen molar-refractivity contribution in [3.63, 3.8) is 0 Å². The maximum absolute atomic E-state index is 10.7. The van der Waals surface area contributed by atoms with Crippen LogP contribution in [0.3, 0.4) is 0 Å². The van der Waals surface area contributed by atoms with Crippen molar-refractivity contribution in [3.8, 4) is 12.3 Å². The molecule has 0 saturated carbocycles. The fourth-order valence-electron chi connectivity index (χ4n) is 2.28. The predicted molar refractivity (Wildman–Crippen MR) is 71.5 cm³/mol. The van der Waals surface area contributed by atoms with Crippen LogP contribution in [0.5, 0.6) is 0 Å². The van der Waals surface area contributed by atoms with E-state index >= 15 is 0 Å². The topological polar surface area (TPSA) is 42.2 Å². The number of benzene rings is 1. The summed E-state index contributed by atoms with van der Waals surface area (Å²) in [6.45, 7) is 2.01. The van der Waals surface area contributed by atoms with Crippen LogP contribution in [-0.2, 0) is 18.3 Å². The summed E-state index contributed by atoms with van der Waals surface area (Å²) in [4.78, 5) is 10.7. The van der Waals surface area contributed by atoms with Gasteiger partial charge >= 0.3 is 5.97 Å². The highest BCUT2D eigenvalue weighted by atomic mass is 16.4. The molecule has 0 unspecified atom stereocenters. The van der Waals surface area contributed by atoms with E-state index in [9.17, 15) is 4.79 Å². The number of carbonyl (C=O) groups is 1. The highest BCUT2D eigenvalue weighted by molar-refractivity contribution is 5.87. The number of hydrogen-bond acceptors (Lipinski definition) is 1. The average molecular weight is 241 g/mol. The predicted octanol–water partition coefficient (Wildman–Crippen LogP) is 2.49. The first-order valence-corrected chi connectivity index (χ1v) is 5.81. The largest absolute Gasteiger partial charge is 0.481 e. The Balaban J connectivity index is 2.57. The first-order valence-electron chi connectivity index (χ1n) is 5.81. The Morgan fingerprint density at radius 1 is 1.50 bits per heavy atom. The van der Waals surface area contributed by atoms with Crippen LogP contribution in [0.15, 0.2) is 18.2 Å². The smallest absolute Gasteiger partial charge is 0.303 e. The number of nitrogens with zero attached hydrogens (tertiary/aromatic N) is 1. The van der Waals surface area contributed by atoms with Crippen molar-refractivity contribution in [2.75, 3.05) is 0 Å². The van der Waals surface area contributed by atoms with Crippen molar-refractivity contribution in [2.24, 2.45) is 7.05 Å². The van der Waals surface area contributed by atoms with Gasteiger partial charge in [-0.3, -0.25) is 4.79 Å². The summed E-state index contributed by atoms with van der Waals surface area (Å²) in [7, 11) is 1.97. The van der Waals surface area contributed by atoms with E-state index in [1.807, 2.05) is 32.2 Å². The van der Waals surface area contributed by atoms with Crippen LogP contribution in [0, 0.1) is 19.3 Å². The Kier molecular flexibility index (Phi) is 3.12. The zero-order valence-corrected chi connectivity index (χ0v) is 10.5. The standard InChI is InChI=1S/C15H15NO2/c1-4-11-5-6-13-12(7-8-15(17)18)10(2)16(3)14(13)9-11/h1,5-6,9H,7-8H2,2-3H3,(H,17,18). The number of fused-ring (bicyclic) bond motifs is 1. The molecular weight excluding hydrogens is 226 g/mol. The van der Waals surface area contributed by atoms with Gasteiger partial charge in [0.05, 0.1) is 0 Å². The lowest BCUT2D eigenvalue weighted by Gasteiger charge is -2.00. The van der Waals surface area contributed by atoms with Crippen molar-refractivity contribution in [3.05, 3.63) is 35.0 Å². The Morgan fingerprint density at radius 2 is 2.22 bits per heavy atom. The first kappa shape index (κ1) is 12.3. The van der Waals surface area contributed by atoms with Gasteiger partial charge in [0.15, 0.2) is 0 Å². The fraction of sp³-hybridized carbons (Fsp3) is 0.267. The number of rotatable bonds is 3. The van der Waals surface area contributed by atoms with Crippen LogP contribution in [0.2, 0.25) is 0 Å². The molecule has 1 N–H and O–H groups in total. The molecule has 1 aromatic heterocycles. The van der Waals surface area contributed by atoms with Crippen molar-refractivity contribution in [1.29, 1.82) is 0 Å². The van der Waals surface area contributed by atoms with Gasteiger partial charge in [0.25, 0.3) is 0 Å². The summed E-state index contributed by atoms with van der Waals surface area (Å²) in [6, 6.07) is 5.84. The number of hydrogen-bond donors (Lipinski definition) is 1. The van der Waals surface area contributed by atoms with Gasteiger partial charge in [0.1, 0.15) is 0 Å². The zero-order chi connectivity index (χ0) is 13.3. The molecule has 0 saturated heterocycles. The van der Waals surface area contributed by atoms with Crippen LogP contribution < -0.4 is 0 Å². The molecule has 92 valence electrons. The number of aromatic nitrogens is 1. The summed E-state index contributed by atoms with van der Waals surface area (Å²) >= 11 is 0. The van der Waals surface area contributed by atoms with Crippen molar-refractivity contribution < 1.29 is 9.90 Å². The van der Waals surface area contributed by atoms with E-state index in [2.05, 4.69) is 10.5 Å². The lowest BCUT2D eigenvalue weighted by Crippen LogP contribution is -1.99. The maximum Gasteiger partial charge on any atom is 0.303 e. The second kappa shape index (κ2) is 4.58. The van der Waals surface area contributed by atoms with Gasteiger partial charge in [-0.05, 0) is 31.0 Å². The lowest BCUT2D eigenvalue weighted by molar-refractivity contribution is -0.136. The van der Waals surface area contributed by atoms with E-state index in [0.717, 1.165) is 27.7 Å². The minimum absolute atomic E-state index is 0.150. The van der Waals surface area contributed by atoms with Crippen molar-refractivity contribution >= 4 is 16.9 Å². The van der Waals surface area contributed by atoms with Gasteiger partial charge in [0.2, 0.25) is 0 Å². The molecule has 2 rings (SSSR count). The van der Waals surface area contributed by atoms with E-state index in [0.29, 0.717) is 6.42 Å². The third-order valence-electron chi connectivity index (χ3n) is 3.38. The van der Waals surface area contributed by atoms with E-state index in [-0.39, 0.29) is 6.42 Å². The van der Waals surface area contributed by atoms with Gasteiger partial charge < -0.3 is 9.67 Å². The molecule has 2 aromatic rings. The third-order valence-corrected chi connectivity index (χ3v) is 3.38. The maximum atomic E-state index is 10.7.